The molecule has 7 heteroatoms. The van der Waals surface area contributed by atoms with E-state index in [0.29, 0.717) is 39.4 Å². The summed E-state index contributed by atoms with van der Waals surface area (Å²) < 4.78 is 7.39. The molecule has 1 aromatic carbocycles. The van der Waals surface area contributed by atoms with Gasteiger partial charge in [-0.05, 0) is 49.4 Å². The summed E-state index contributed by atoms with van der Waals surface area (Å²) in [5, 5.41) is 2.22. The normalized spacial score (nSPS) is 15.6. The Bertz CT molecular complexity index is 1270. The largest absolute Gasteiger partial charge is 0.378 e. The number of hydrogen-bond donors (Lipinski definition) is 1. The minimum atomic E-state index is 0.104. The molecule has 2 N–H and O–H groups in total. The third-order valence-corrected chi connectivity index (χ3v) is 6.70. The smallest absolute Gasteiger partial charge is 0.242 e. The lowest BCUT2D eigenvalue weighted by atomic mass is 9.96. The van der Waals surface area contributed by atoms with Crippen LogP contribution in [0.1, 0.15) is 29.8 Å². The fraction of sp³-hybridized carbons (Fsp3) is 0.370. The first-order chi connectivity index (χ1) is 16.8. The Labute approximate surface area is 199 Å². The second kappa shape index (κ2) is 10.3. The van der Waals surface area contributed by atoms with Gasteiger partial charge >= 0.3 is 0 Å². The summed E-state index contributed by atoms with van der Waals surface area (Å²) in [6, 6.07) is 14.3. The fourth-order valence-corrected chi connectivity index (χ4v) is 4.97. The van der Waals surface area contributed by atoms with Gasteiger partial charge in [0.1, 0.15) is 6.54 Å². The monoisotopic (exact) mass is 457 g/mol. The standard InChI is InChI=1S/C18H20N4O2.C9H11N/c19-11-15-18-14(5-6-20-15)13-3-1-2-4-16(13)22(18)12-17(23)21-7-9-24-10-8-21;1-2-6-9-8(4-1)5-3-7-10-9/h1-6H,7-12,19H2;3,5,7H,1-2,4,6H2. The van der Waals surface area contributed by atoms with Crippen molar-refractivity contribution in [1.82, 2.24) is 19.4 Å². The van der Waals surface area contributed by atoms with Crippen LogP contribution in [-0.2, 0) is 35.5 Å². The van der Waals surface area contributed by atoms with Crippen LogP contribution >= 0.6 is 0 Å². The van der Waals surface area contributed by atoms with Crippen molar-refractivity contribution in [2.45, 2.75) is 38.8 Å². The van der Waals surface area contributed by atoms with E-state index in [9.17, 15) is 4.79 Å². The molecule has 6 rings (SSSR count). The van der Waals surface area contributed by atoms with Gasteiger partial charge in [-0.25, -0.2) is 0 Å². The number of hydrogen-bond acceptors (Lipinski definition) is 5. The zero-order chi connectivity index (χ0) is 23.3. The van der Waals surface area contributed by atoms with E-state index in [-0.39, 0.29) is 5.91 Å². The van der Waals surface area contributed by atoms with Crippen LogP contribution in [0.2, 0.25) is 0 Å². The van der Waals surface area contributed by atoms with Gasteiger partial charge in [-0.1, -0.05) is 24.3 Å². The number of benzene rings is 1. The summed E-state index contributed by atoms with van der Waals surface area (Å²) in [4.78, 5) is 23.3. The Morgan fingerprint density at radius 3 is 2.59 bits per heavy atom. The van der Waals surface area contributed by atoms with E-state index in [1.165, 1.54) is 36.9 Å². The van der Waals surface area contributed by atoms with E-state index in [1.54, 1.807) is 6.20 Å². The van der Waals surface area contributed by atoms with E-state index in [1.807, 2.05) is 41.4 Å². The second-order valence-electron chi connectivity index (χ2n) is 8.77. The highest BCUT2D eigenvalue weighted by Crippen LogP contribution is 2.30. The molecule has 1 saturated heterocycles. The van der Waals surface area contributed by atoms with Crippen LogP contribution in [0, 0.1) is 0 Å². The lowest BCUT2D eigenvalue weighted by Gasteiger charge is -2.27. The molecule has 0 unspecified atom stereocenters. The Morgan fingerprint density at radius 1 is 0.941 bits per heavy atom. The Hall–Kier alpha value is -3.29. The van der Waals surface area contributed by atoms with E-state index in [2.05, 4.69) is 26.7 Å². The third kappa shape index (κ3) is 4.54. The van der Waals surface area contributed by atoms with E-state index < -0.39 is 0 Å². The molecule has 0 saturated carbocycles. The molecular formula is C27H31N5O2. The molecule has 4 aromatic rings. The summed E-state index contributed by atoms with van der Waals surface area (Å²) in [6.07, 6.45) is 8.78. The minimum Gasteiger partial charge on any atom is -0.378 e. The molecular weight excluding hydrogens is 426 g/mol. The number of aryl methyl sites for hydroxylation is 2. The number of carbonyl (C=O) groups is 1. The first-order valence-corrected chi connectivity index (χ1v) is 12.1. The quantitative estimate of drug-likeness (QED) is 0.509. The van der Waals surface area contributed by atoms with Gasteiger partial charge in [-0.3, -0.25) is 14.8 Å². The third-order valence-electron chi connectivity index (χ3n) is 6.70. The summed E-state index contributed by atoms with van der Waals surface area (Å²) in [5.41, 5.74) is 11.5. The predicted molar refractivity (Wildman–Crippen MR) is 133 cm³/mol. The van der Waals surface area contributed by atoms with Crippen LogP contribution in [-0.4, -0.2) is 51.6 Å². The molecule has 176 valence electrons. The van der Waals surface area contributed by atoms with E-state index >= 15 is 0 Å². The number of para-hydroxylation sites is 1. The number of ether oxygens (including phenoxy) is 1. The molecule has 1 aliphatic heterocycles. The average molecular weight is 458 g/mol. The van der Waals surface area contributed by atoms with Gasteiger partial charge in [0, 0.05) is 54.0 Å². The predicted octanol–water partition coefficient (Wildman–Crippen LogP) is 3.47. The maximum absolute atomic E-state index is 12.8. The minimum absolute atomic E-state index is 0.104. The summed E-state index contributed by atoms with van der Waals surface area (Å²) >= 11 is 0. The van der Waals surface area contributed by atoms with E-state index in [0.717, 1.165) is 27.5 Å². The number of nitrogens with zero attached hydrogens (tertiary/aromatic N) is 4. The molecule has 0 spiro atoms. The molecule has 1 fully saturated rings. The Morgan fingerprint density at radius 2 is 1.76 bits per heavy atom. The van der Waals surface area contributed by atoms with Crippen molar-refractivity contribution in [2.75, 3.05) is 26.3 Å². The maximum atomic E-state index is 12.8. The maximum Gasteiger partial charge on any atom is 0.242 e. The van der Waals surface area contributed by atoms with Gasteiger partial charge in [-0.2, -0.15) is 0 Å². The highest BCUT2D eigenvalue weighted by Gasteiger charge is 2.21. The SMILES string of the molecule is NCc1nccc2c3ccccc3n(CC(=O)N3CCOCC3)c12.c1cnc2c(c1)CCCC2. The summed E-state index contributed by atoms with van der Waals surface area (Å²) in [5.74, 6) is 0.104. The number of carbonyl (C=O) groups excluding carboxylic acids is 1. The van der Waals surface area contributed by atoms with E-state index in [4.69, 9.17) is 10.5 Å². The second-order valence-corrected chi connectivity index (χ2v) is 8.77. The van der Waals surface area contributed by atoms with Crippen molar-refractivity contribution in [1.29, 1.82) is 0 Å². The van der Waals surface area contributed by atoms with Crippen molar-refractivity contribution in [3.05, 3.63) is 71.8 Å². The number of amides is 1. The molecule has 0 bridgehead atoms. The first-order valence-electron chi connectivity index (χ1n) is 12.1. The number of morpholine rings is 1. The molecule has 1 aliphatic carbocycles. The lowest BCUT2D eigenvalue weighted by molar-refractivity contribution is -0.135. The van der Waals surface area contributed by atoms with Crippen molar-refractivity contribution < 1.29 is 9.53 Å². The first kappa shape index (κ1) is 22.5. The number of aromatic nitrogens is 3. The summed E-state index contributed by atoms with van der Waals surface area (Å²) in [7, 11) is 0. The molecule has 1 amide bonds. The van der Waals surface area contributed by atoms with Gasteiger partial charge in [0.25, 0.3) is 0 Å². The van der Waals surface area contributed by atoms with Crippen LogP contribution in [0.4, 0.5) is 0 Å². The number of fused-ring (bicyclic) bond motifs is 4. The van der Waals surface area contributed by atoms with Crippen molar-refractivity contribution >= 4 is 27.7 Å². The highest BCUT2D eigenvalue weighted by atomic mass is 16.5. The van der Waals surface area contributed by atoms with Crippen LogP contribution in [0.15, 0.2) is 54.9 Å². The van der Waals surface area contributed by atoms with Crippen molar-refractivity contribution in [3.8, 4) is 0 Å². The molecule has 2 aliphatic rings. The van der Waals surface area contributed by atoms with Crippen LogP contribution in [0.5, 0.6) is 0 Å². The Kier molecular flexibility index (Phi) is 6.83. The van der Waals surface area contributed by atoms with Crippen LogP contribution in [0.25, 0.3) is 21.8 Å². The number of rotatable bonds is 3. The zero-order valence-electron chi connectivity index (χ0n) is 19.4. The van der Waals surface area contributed by atoms with Gasteiger partial charge in [0.2, 0.25) is 5.91 Å². The molecule has 0 atom stereocenters. The van der Waals surface area contributed by atoms with Crippen LogP contribution < -0.4 is 5.73 Å². The number of pyridine rings is 2. The fourth-order valence-electron chi connectivity index (χ4n) is 4.97. The summed E-state index contributed by atoms with van der Waals surface area (Å²) in [6.45, 7) is 3.15. The lowest BCUT2D eigenvalue weighted by Crippen LogP contribution is -2.42. The van der Waals surface area contributed by atoms with Crippen molar-refractivity contribution in [2.24, 2.45) is 5.73 Å². The van der Waals surface area contributed by atoms with Gasteiger partial charge in [-0.15, -0.1) is 0 Å². The molecule has 7 nitrogen and oxygen atoms in total. The molecule has 0 radical (unpaired) electrons. The molecule has 34 heavy (non-hydrogen) atoms. The van der Waals surface area contributed by atoms with Gasteiger partial charge in [0.15, 0.2) is 0 Å². The van der Waals surface area contributed by atoms with Crippen LogP contribution in [0.3, 0.4) is 0 Å². The number of nitrogens with two attached hydrogens (primary N) is 1. The van der Waals surface area contributed by atoms with Crippen molar-refractivity contribution in [3.63, 3.8) is 0 Å². The highest BCUT2D eigenvalue weighted by molar-refractivity contribution is 6.09. The van der Waals surface area contributed by atoms with Gasteiger partial charge in [0.05, 0.1) is 24.4 Å². The zero-order valence-corrected chi connectivity index (χ0v) is 19.4. The Balaban J connectivity index is 0.000000200. The molecule has 4 heterocycles. The molecule has 3 aromatic heterocycles. The topological polar surface area (TPSA) is 86.3 Å². The van der Waals surface area contributed by atoms with Gasteiger partial charge < -0.3 is 19.9 Å². The average Bonchev–Trinajstić information content (AvgIpc) is 3.23.